The summed E-state index contributed by atoms with van der Waals surface area (Å²) in [6.07, 6.45) is -7.92. The van der Waals surface area contributed by atoms with E-state index in [1.54, 1.807) is 71.3 Å². The molecule has 0 radical (unpaired) electrons. The molecule has 1 heterocycles. The number of hydrogen-bond acceptors (Lipinski definition) is 3. The van der Waals surface area contributed by atoms with Gasteiger partial charge in [0, 0.05) is 12.1 Å². The van der Waals surface area contributed by atoms with Gasteiger partial charge >= 0.3 is 12.4 Å². The van der Waals surface area contributed by atoms with Gasteiger partial charge in [-0.15, -0.1) is 0 Å². The zero-order chi connectivity index (χ0) is 38.3. The molecule has 1 aliphatic carbocycles. The molecule has 5 aromatic carbocycles. The number of imidazole rings is 1. The summed E-state index contributed by atoms with van der Waals surface area (Å²) in [5.74, 6) is -1.22. The fraction of sp³-hybridized carbons (Fsp3) is 0.195. The van der Waals surface area contributed by atoms with Gasteiger partial charge in [0.25, 0.3) is 5.91 Å². The van der Waals surface area contributed by atoms with Crippen LogP contribution in [0.4, 0.5) is 32.0 Å². The molecule has 276 valence electrons. The van der Waals surface area contributed by atoms with E-state index in [0.29, 0.717) is 58.4 Å². The maximum atomic E-state index is 13.8. The second-order valence-electron chi connectivity index (χ2n) is 13.0. The van der Waals surface area contributed by atoms with E-state index < -0.39 is 41.7 Å². The Labute approximate surface area is 310 Å². The average molecular weight is 761 g/mol. The molecule has 2 amide bonds. The highest BCUT2D eigenvalue weighted by molar-refractivity contribution is 6.29. The zero-order valence-corrected chi connectivity index (χ0v) is 29.1. The molecular weight excluding hydrogens is 730 g/mol. The van der Waals surface area contributed by atoms with Crippen molar-refractivity contribution in [3.8, 4) is 22.3 Å². The molecular formula is C41H31ClF6N4O2. The molecule has 0 unspecified atom stereocenters. The smallest absolute Gasteiger partial charge is 0.346 e. The first-order chi connectivity index (χ1) is 25.8. The van der Waals surface area contributed by atoms with Crippen LogP contribution in [0.1, 0.15) is 46.3 Å². The number of benzene rings is 5. The molecule has 0 spiro atoms. The fourth-order valence-electron chi connectivity index (χ4n) is 7.34. The standard InChI is InChI=1S/C41H31ClF6N4O2/c42-38-51-35-33(50-36(53)30-13-2-1-10-27(30)25-18-20-26(21-19-25)41(46,47)48)16-9-17-34(35)52(38)23-8-7-22-39(37(54)49-24-40(43,44)45)31-14-5-3-11-28(31)29-12-4-6-15-32(29)39/h1-6,9-21H,7-8,22-24H2,(H,49,54)(H,50,53). The van der Waals surface area contributed by atoms with Crippen molar-refractivity contribution in [3.63, 3.8) is 0 Å². The molecule has 2 N–H and O–H groups in total. The van der Waals surface area contributed by atoms with Crippen molar-refractivity contribution in [1.82, 2.24) is 14.9 Å². The Morgan fingerprint density at radius 3 is 1.96 bits per heavy atom. The SMILES string of the molecule is O=C(Nc1cccc2c1nc(Cl)n2CCCCC1(C(=O)NCC(F)(F)F)c2ccccc2-c2ccccc21)c1ccccc1-c1ccc(C(F)(F)F)cc1. The highest BCUT2D eigenvalue weighted by Crippen LogP contribution is 2.51. The zero-order valence-electron chi connectivity index (χ0n) is 28.4. The van der Waals surface area contributed by atoms with Gasteiger partial charge in [-0.25, -0.2) is 4.98 Å². The third kappa shape index (κ3) is 6.93. The number of alkyl halides is 6. The minimum absolute atomic E-state index is 0.144. The Hall–Kier alpha value is -5.62. The topological polar surface area (TPSA) is 76.0 Å². The molecule has 0 saturated heterocycles. The van der Waals surface area contributed by atoms with Gasteiger partial charge in [0.1, 0.15) is 17.5 Å². The second-order valence-corrected chi connectivity index (χ2v) is 13.4. The van der Waals surface area contributed by atoms with E-state index in [1.165, 1.54) is 12.1 Å². The van der Waals surface area contributed by atoms with Crippen molar-refractivity contribution in [3.05, 3.63) is 143 Å². The van der Waals surface area contributed by atoms with E-state index in [4.69, 9.17) is 11.6 Å². The number of aryl methyl sites for hydroxylation is 1. The second kappa shape index (κ2) is 14.3. The number of amides is 2. The van der Waals surface area contributed by atoms with Gasteiger partial charge in [-0.2, -0.15) is 26.3 Å². The number of para-hydroxylation sites is 1. The van der Waals surface area contributed by atoms with Gasteiger partial charge in [0.05, 0.1) is 16.8 Å². The largest absolute Gasteiger partial charge is 0.416 e. The van der Waals surface area contributed by atoms with Crippen LogP contribution in [0.25, 0.3) is 33.3 Å². The van der Waals surface area contributed by atoms with Crippen LogP contribution in [0.2, 0.25) is 5.28 Å². The van der Waals surface area contributed by atoms with Crippen molar-refractivity contribution >= 4 is 40.1 Å². The van der Waals surface area contributed by atoms with Crippen LogP contribution >= 0.6 is 11.6 Å². The van der Waals surface area contributed by atoms with Gasteiger partial charge in [0.15, 0.2) is 0 Å². The lowest BCUT2D eigenvalue weighted by Crippen LogP contribution is -2.47. The number of rotatable bonds is 10. The van der Waals surface area contributed by atoms with Gasteiger partial charge in [-0.3, -0.25) is 9.59 Å². The van der Waals surface area contributed by atoms with Gasteiger partial charge in [-0.1, -0.05) is 84.9 Å². The molecule has 13 heteroatoms. The number of nitrogens with zero attached hydrogens (tertiary/aromatic N) is 2. The summed E-state index contributed by atoms with van der Waals surface area (Å²) < 4.78 is 81.0. The monoisotopic (exact) mass is 760 g/mol. The third-order valence-electron chi connectivity index (χ3n) is 9.76. The summed E-state index contributed by atoms with van der Waals surface area (Å²) in [7, 11) is 0. The number of aromatic nitrogens is 2. The molecule has 0 aliphatic heterocycles. The van der Waals surface area contributed by atoms with Gasteiger partial charge in [-0.05, 0) is 94.6 Å². The number of fused-ring (bicyclic) bond motifs is 4. The van der Waals surface area contributed by atoms with Crippen molar-refractivity contribution in [2.24, 2.45) is 0 Å². The Balaban J connectivity index is 1.11. The van der Waals surface area contributed by atoms with Crippen molar-refractivity contribution in [1.29, 1.82) is 0 Å². The van der Waals surface area contributed by atoms with E-state index in [1.807, 2.05) is 24.3 Å². The quantitative estimate of drug-likeness (QED) is 0.108. The molecule has 0 bridgehead atoms. The molecule has 6 nitrogen and oxygen atoms in total. The summed E-state index contributed by atoms with van der Waals surface area (Å²) in [6, 6.07) is 30.8. The molecule has 1 aromatic heterocycles. The first-order valence-electron chi connectivity index (χ1n) is 17.0. The number of carbonyl (C=O) groups is 2. The Morgan fingerprint density at radius 1 is 0.722 bits per heavy atom. The van der Waals surface area contributed by atoms with Crippen LogP contribution in [0.15, 0.2) is 115 Å². The van der Waals surface area contributed by atoms with Crippen molar-refractivity contribution in [2.75, 3.05) is 11.9 Å². The molecule has 7 rings (SSSR count). The summed E-state index contributed by atoms with van der Waals surface area (Å²) in [5, 5.41) is 5.17. The summed E-state index contributed by atoms with van der Waals surface area (Å²) in [4.78, 5) is 32.0. The van der Waals surface area contributed by atoms with E-state index in [-0.39, 0.29) is 17.3 Å². The summed E-state index contributed by atoms with van der Waals surface area (Å²) in [5.41, 5.74) is 3.26. The maximum Gasteiger partial charge on any atom is 0.416 e. The number of carbonyl (C=O) groups excluding carboxylic acids is 2. The number of anilines is 1. The lowest BCUT2D eigenvalue weighted by Gasteiger charge is -2.31. The molecule has 0 atom stereocenters. The molecule has 0 fully saturated rings. The number of unbranched alkanes of at least 4 members (excludes halogenated alkanes) is 1. The minimum Gasteiger partial charge on any atom is -0.346 e. The highest BCUT2D eigenvalue weighted by Gasteiger charge is 2.49. The Bertz CT molecular complexity index is 2320. The normalized spacial score (nSPS) is 13.4. The Kier molecular flexibility index (Phi) is 9.74. The number of halogens is 7. The van der Waals surface area contributed by atoms with Crippen LogP contribution in [0, 0.1) is 0 Å². The first kappa shape index (κ1) is 36.7. The lowest BCUT2D eigenvalue weighted by molar-refractivity contribution is -0.141. The average Bonchev–Trinajstić information content (AvgIpc) is 3.64. The van der Waals surface area contributed by atoms with Crippen LogP contribution in [0.3, 0.4) is 0 Å². The third-order valence-corrected chi connectivity index (χ3v) is 10.0. The predicted octanol–water partition coefficient (Wildman–Crippen LogP) is 10.4. The van der Waals surface area contributed by atoms with Crippen LogP contribution in [-0.2, 0) is 22.9 Å². The molecule has 1 aliphatic rings. The summed E-state index contributed by atoms with van der Waals surface area (Å²) in [6.45, 7) is -1.10. The van der Waals surface area contributed by atoms with E-state index >= 15 is 0 Å². The number of hydrogen-bond donors (Lipinski definition) is 2. The predicted molar refractivity (Wildman–Crippen MR) is 195 cm³/mol. The molecule has 0 saturated carbocycles. The Morgan fingerprint density at radius 2 is 1.33 bits per heavy atom. The van der Waals surface area contributed by atoms with E-state index in [0.717, 1.165) is 23.3 Å². The van der Waals surface area contributed by atoms with E-state index in [2.05, 4.69) is 15.6 Å². The number of nitrogens with one attached hydrogen (secondary N) is 2. The highest BCUT2D eigenvalue weighted by atomic mass is 35.5. The summed E-state index contributed by atoms with van der Waals surface area (Å²) >= 11 is 6.63. The maximum absolute atomic E-state index is 13.8. The van der Waals surface area contributed by atoms with Crippen LogP contribution in [-0.4, -0.2) is 34.1 Å². The van der Waals surface area contributed by atoms with Gasteiger partial charge < -0.3 is 15.2 Å². The van der Waals surface area contributed by atoms with Crippen molar-refractivity contribution in [2.45, 2.75) is 43.6 Å². The van der Waals surface area contributed by atoms with Gasteiger partial charge in [0.2, 0.25) is 11.2 Å². The van der Waals surface area contributed by atoms with Crippen LogP contribution < -0.4 is 10.6 Å². The lowest BCUT2D eigenvalue weighted by atomic mass is 9.73. The van der Waals surface area contributed by atoms with E-state index in [9.17, 15) is 35.9 Å². The first-order valence-corrected chi connectivity index (χ1v) is 17.4. The minimum atomic E-state index is -4.58. The van der Waals surface area contributed by atoms with Crippen molar-refractivity contribution < 1.29 is 35.9 Å². The fourth-order valence-corrected chi connectivity index (χ4v) is 7.60. The van der Waals surface area contributed by atoms with Crippen LogP contribution in [0.5, 0.6) is 0 Å². The molecule has 54 heavy (non-hydrogen) atoms. The molecule has 6 aromatic rings.